The van der Waals surface area contributed by atoms with Crippen LogP contribution >= 0.6 is 0 Å². The number of sulfonamides is 1. The molecule has 1 atom stereocenters. The molecule has 6 heteroatoms. The van der Waals surface area contributed by atoms with Gasteiger partial charge in [-0.05, 0) is 57.4 Å². The van der Waals surface area contributed by atoms with E-state index in [1.165, 1.54) is 0 Å². The van der Waals surface area contributed by atoms with E-state index in [9.17, 15) is 8.42 Å². The third kappa shape index (κ3) is 4.89. The average Bonchev–Trinajstić information content (AvgIpc) is 2.30. The van der Waals surface area contributed by atoms with Crippen LogP contribution in [0.15, 0.2) is 18.2 Å². The van der Waals surface area contributed by atoms with Crippen LogP contribution in [0.25, 0.3) is 0 Å². The molecular weight excluding hydrogens is 288 g/mol. The number of anilines is 2. The summed E-state index contributed by atoms with van der Waals surface area (Å²) >= 11 is 0. The molecule has 1 fully saturated rings. The highest BCUT2D eigenvalue weighted by Gasteiger charge is 2.28. The van der Waals surface area contributed by atoms with Crippen molar-refractivity contribution >= 4 is 21.4 Å². The van der Waals surface area contributed by atoms with Crippen LogP contribution in [0.1, 0.15) is 32.3 Å². The summed E-state index contributed by atoms with van der Waals surface area (Å²) < 4.78 is 30.8. The van der Waals surface area contributed by atoms with Gasteiger partial charge in [0.05, 0.1) is 17.5 Å². The van der Waals surface area contributed by atoms with Crippen LogP contribution in [0, 0.1) is 6.92 Å². The zero-order valence-electron chi connectivity index (χ0n) is 13.1. The summed E-state index contributed by atoms with van der Waals surface area (Å²) in [5, 5.41) is 3.51. The topological polar surface area (TPSA) is 67.4 Å². The minimum absolute atomic E-state index is 0.0945. The Balaban J connectivity index is 2.07. The quantitative estimate of drug-likeness (QED) is 0.897. The first-order valence-corrected chi connectivity index (χ1v) is 9.03. The molecule has 0 aliphatic carbocycles. The lowest BCUT2D eigenvalue weighted by molar-refractivity contribution is -0.0553. The molecule has 21 heavy (non-hydrogen) atoms. The fourth-order valence-corrected chi connectivity index (χ4v) is 3.29. The lowest BCUT2D eigenvalue weighted by atomic mass is 9.93. The van der Waals surface area contributed by atoms with Crippen LogP contribution in [0.2, 0.25) is 0 Å². The Morgan fingerprint density at radius 1 is 1.33 bits per heavy atom. The van der Waals surface area contributed by atoms with Crippen molar-refractivity contribution < 1.29 is 13.2 Å². The number of hydrogen-bond donors (Lipinski definition) is 2. The van der Waals surface area contributed by atoms with E-state index in [2.05, 4.69) is 23.9 Å². The predicted octanol–water partition coefficient (Wildman–Crippen LogP) is 2.74. The third-order valence-electron chi connectivity index (χ3n) is 3.59. The second-order valence-electron chi connectivity index (χ2n) is 6.35. The van der Waals surface area contributed by atoms with E-state index in [0.717, 1.165) is 37.0 Å². The second-order valence-corrected chi connectivity index (χ2v) is 8.09. The minimum Gasteiger partial charge on any atom is -0.382 e. The molecule has 1 aromatic rings. The van der Waals surface area contributed by atoms with Gasteiger partial charge in [0.2, 0.25) is 10.0 Å². The van der Waals surface area contributed by atoms with Gasteiger partial charge in [-0.2, -0.15) is 0 Å². The summed E-state index contributed by atoms with van der Waals surface area (Å²) in [6.45, 7) is 6.86. The third-order valence-corrected chi connectivity index (χ3v) is 4.18. The van der Waals surface area contributed by atoms with Gasteiger partial charge in [0, 0.05) is 18.3 Å². The van der Waals surface area contributed by atoms with E-state index in [4.69, 9.17) is 4.74 Å². The monoisotopic (exact) mass is 312 g/mol. The van der Waals surface area contributed by atoms with Gasteiger partial charge in [-0.15, -0.1) is 0 Å². The molecule has 1 aliphatic rings. The van der Waals surface area contributed by atoms with Crippen molar-refractivity contribution in [2.24, 2.45) is 0 Å². The van der Waals surface area contributed by atoms with Gasteiger partial charge in [-0.25, -0.2) is 8.42 Å². The van der Waals surface area contributed by atoms with Gasteiger partial charge in [-0.1, -0.05) is 0 Å². The molecule has 0 spiro atoms. The Hall–Kier alpha value is -1.27. The Morgan fingerprint density at radius 3 is 2.62 bits per heavy atom. The van der Waals surface area contributed by atoms with E-state index in [1.807, 2.05) is 19.1 Å². The van der Waals surface area contributed by atoms with Crippen LogP contribution in [-0.4, -0.2) is 32.9 Å². The SMILES string of the molecule is Cc1cc(NC2CCOC(C)(C)C2)ccc1NS(C)(=O)=O. The lowest BCUT2D eigenvalue weighted by Crippen LogP contribution is -2.40. The average molecular weight is 312 g/mol. The molecule has 2 N–H and O–H groups in total. The zero-order chi connectivity index (χ0) is 15.7. The molecule has 1 aliphatic heterocycles. The Labute approximate surface area is 127 Å². The first-order chi connectivity index (χ1) is 9.65. The summed E-state index contributed by atoms with van der Waals surface area (Å²) in [7, 11) is -3.24. The fraction of sp³-hybridized carbons (Fsp3) is 0.600. The molecule has 0 radical (unpaired) electrons. The maximum absolute atomic E-state index is 11.3. The number of nitrogens with one attached hydrogen (secondary N) is 2. The van der Waals surface area contributed by atoms with Crippen molar-refractivity contribution in [3.63, 3.8) is 0 Å². The van der Waals surface area contributed by atoms with Gasteiger partial charge in [0.25, 0.3) is 0 Å². The lowest BCUT2D eigenvalue weighted by Gasteiger charge is -2.36. The number of benzene rings is 1. The standard InChI is InChI=1S/C15H24N2O3S/c1-11-9-12(5-6-14(11)17-21(4,18)19)16-13-7-8-20-15(2,3)10-13/h5-6,9,13,16-17H,7-8,10H2,1-4H3. The largest absolute Gasteiger partial charge is 0.382 e. The highest BCUT2D eigenvalue weighted by Crippen LogP contribution is 2.27. The van der Waals surface area contributed by atoms with Gasteiger partial charge in [0.1, 0.15) is 0 Å². The van der Waals surface area contributed by atoms with Crippen LogP contribution in [-0.2, 0) is 14.8 Å². The van der Waals surface area contributed by atoms with E-state index in [1.54, 1.807) is 6.07 Å². The Morgan fingerprint density at radius 2 is 2.05 bits per heavy atom. The van der Waals surface area contributed by atoms with Crippen LogP contribution < -0.4 is 10.0 Å². The van der Waals surface area contributed by atoms with Crippen molar-refractivity contribution in [3.8, 4) is 0 Å². The highest BCUT2D eigenvalue weighted by atomic mass is 32.2. The first-order valence-electron chi connectivity index (χ1n) is 7.14. The van der Waals surface area contributed by atoms with Crippen molar-refractivity contribution in [1.29, 1.82) is 0 Å². The van der Waals surface area contributed by atoms with Crippen molar-refractivity contribution in [3.05, 3.63) is 23.8 Å². The molecule has 118 valence electrons. The maximum atomic E-state index is 11.3. The molecule has 1 saturated heterocycles. The molecular formula is C15H24N2O3S. The summed E-state index contributed by atoms with van der Waals surface area (Å²) in [5.41, 5.74) is 2.43. The number of hydrogen-bond acceptors (Lipinski definition) is 4. The summed E-state index contributed by atoms with van der Waals surface area (Å²) in [5.74, 6) is 0. The minimum atomic E-state index is -3.24. The number of rotatable bonds is 4. The molecule has 0 aromatic heterocycles. The smallest absolute Gasteiger partial charge is 0.229 e. The van der Waals surface area contributed by atoms with Gasteiger partial charge < -0.3 is 10.1 Å². The summed E-state index contributed by atoms with van der Waals surface area (Å²) in [4.78, 5) is 0. The predicted molar refractivity (Wildman–Crippen MR) is 86.3 cm³/mol. The van der Waals surface area contributed by atoms with E-state index < -0.39 is 10.0 Å². The summed E-state index contributed by atoms with van der Waals surface area (Å²) in [6.07, 6.45) is 3.09. The van der Waals surface area contributed by atoms with Crippen LogP contribution in [0.3, 0.4) is 0 Å². The van der Waals surface area contributed by atoms with Crippen LogP contribution in [0.4, 0.5) is 11.4 Å². The Kier molecular flexibility index (Phi) is 4.49. The van der Waals surface area contributed by atoms with E-state index in [-0.39, 0.29) is 5.60 Å². The number of ether oxygens (including phenoxy) is 1. The van der Waals surface area contributed by atoms with Gasteiger partial charge in [0.15, 0.2) is 0 Å². The van der Waals surface area contributed by atoms with Crippen molar-refractivity contribution in [2.45, 2.75) is 45.3 Å². The molecule has 1 heterocycles. The van der Waals surface area contributed by atoms with E-state index >= 15 is 0 Å². The second kappa shape index (κ2) is 5.85. The van der Waals surface area contributed by atoms with Crippen molar-refractivity contribution in [2.75, 3.05) is 22.9 Å². The Bertz CT molecular complexity index is 611. The molecule has 2 rings (SSSR count). The molecule has 1 unspecified atom stereocenters. The maximum Gasteiger partial charge on any atom is 0.229 e. The summed E-state index contributed by atoms with van der Waals surface area (Å²) in [6, 6.07) is 6.05. The van der Waals surface area contributed by atoms with Crippen molar-refractivity contribution in [1.82, 2.24) is 0 Å². The molecule has 0 saturated carbocycles. The first kappa shape index (κ1) is 16.1. The molecule has 0 amide bonds. The van der Waals surface area contributed by atoms with Crippen LogP contribution in [0.5, 0.6) is 0 Å². The zero-order valence-corrected chi connectivity index (χ0v) is 13.9. The fourth-order valence-electron chi connectivity index (χ4n) is 2.66. The highest BCUT2D eigenvalue weighted by molar-refractivity contribution is 7.92. The van der Waals surface area contributed by atoms with Gasteiger partial charge >= 0.3 is 0 Å². The van der Waals surface area contributed by atoms with E-state index in [0.29, 0.717) is 11.7 Å². The normalized spacial score (nSPS) is 21.8. The van der Waals surface area contributed by atoms with Gasteiger partial charge in [-0.3, -0.25) is 4.72 Å². The number of aryl methyl sites for hydroxylation is 1. The molecule has 1 aromatic carbocycles. The molecule has 5 nitrogen and oxygen atoms in total. The molecule has 0 bridgehead atoms.